The van der Waals surface area contributed by atoms with E-state index in [1.54, 1.807) is 21.3 Å². The van der Waals surface area contributed by atoms with Crippen molar-refractivity contribution in [1.82, 2.24) is 5.32 Å². The van der Waals surface area contributed by atoms with Gasteiger partial charge in [0.05, 0.1) is 0 Å². The molecule has 1 unspecified atom stereocenters. The van der Waals surface area contributed by atoms with Crippen molar-refractivity contribution >= 4 is 17.6 Å². The zero-order valence-corrected chi connectivity index (χ0v) is 17.5. The third-order valence-corrected chi connectivity index (χ3v) is 10.8. The Hall–Kier alpha value is 0.194. The van der Waals surface area contributed by atoms with E-state index in [0.29, 0.717) is 12.6 Å². The van der Waals surface area contributed by atoms with E-state index >= 15 is 0 Å². The van der Waals surface area contributed by atoms with Gasteiger partial charge in [0.2, 0.25) is 0 Å². The minimum atomic E-state index is -3.07. The normalized spacial score (nSPS) is 19.7. The Bertz CT molecular complexity index is 306. The minimum absolute atomic E-state index is 0.625. The van der Waals surface area contributed by atoms with Crippen molar-refractivity contribution in [3.63, 3.8) is 0 Å². The van der Waals surface area contributed by atoms with Crippen molar-refractivity contribution in [1.29, 1.82) is 0 Å². The first-order chi connectivity index (χ1) is 11.0. The van der Waals surface area contributed by atoms with Crippen LogP contribution in [0.25, 0.3) is 0 Å². The maximum absolute atomic E-state index is 6.17. The lowest BCUT2D eigenvalue weighted by Crippen LogP contribution is -2.56. The quantitative estimate of drug-likeness (QED) is 0.424. The van der Waals surface area contributed by atoms with Crippen molar-refractivity contribution in [2.75, 3.05) is 34.5 Å². The van der Waals surface area contributed by atoms with Crippen LogP contribution in [0.1, 0.15) is 45.4 Å². The van der Waals surface area contributed by atoms with Gasteiger partial charge in [0.15, 0.2) is 0 Å². The van der Waals surface area contributed by atoms with E-state index < -0.39 is 17.6 Å². The first-order valence-electron chi connectivity index (χ1n) is 8.76. The second kappa shape index (κ2) is 10.9. The number of rotatable bonds is 12. The third-order valence-electron chi connectivity index (χ3n) is 4.39. The summed E-state index contributed by atoms with van der Waals surface area (Å²) >= 11 is 0. The molecule has 0 aromatic rings. The molecule has 1 rings (SSSR count). The van der Waals surface area contributed by atoms with Crippen LogP contribution in [0.2, 0.25) is 12.6 Å². The van der Waals surface area contributed by atoms with Crippen LogP contribution in [-0.2, 0) is 21.8 Å². The van der Waals surface area contributed by atoms with Gasteiger partial charge in [0.25, 0.3) is 0 Å². The predicted molar refractivity (Wildman–Crippen MR) is 95.4 cm³/mol. The molecule has 1 fully saturated rings. The van der Waals surface area contributed by atoms with Gasteiger partial charge in [-0.05, 0) is 45.3 Å². The van der Waals surface area contributed by atoms with Crippen LogP contribution in [0.15, 0.2) is 0 Å². The van der Waals surface area contributed by atoms with Gasteiger partial charge in [0.1, 0.15) is 0 Å². The first-order valence-corrected chi connectivity index (χ1v) is 12.9. The molecule has 8 heteroatoms. The predicted octanol–water partition coefficient (Wildman–Crippen LogP) is 2.80. The molecule has 0 aromatic heterocycles. The van der Waals surface area contributed by atoms with Gasteiger partial charge in [-0.25, -0.2) is 0 Å². The molecule has 0 saturated heterocycles. The number of hydrogen-bond donors (Lipinski definition) is 1. The molecule has 1 aliphatic carbocycles. The Morgan fingerprint density at radius 2 is 1.61 bits per heavy atom. The fraction of sp³-hybridized carbons (Fsp3) is 1.00. The van der Waals surface area contributed by atoms with Gasteiger partial charge in [-0.15, -0.1) is 0 Å². The van der Waals surface area contributed by atoms with Gasteiger partial charge in [0, 0.05) is 34.0 Å². The molecule has 0 amide bonds. The van der Waals surface area contributed by atoms with Crippen LogP contribution < -0.4 is 5.32 Å². The van der Waals surface area contributed by atoms with E-state index in [1.165, 1.54) is 32.1 Å². The zero-order chi connectivity index (χ0) is 17.2. The Morgan fingerprint density at radius 1 is 1.00 bits per heavy atom. The van der Waals surface area contributed by atoms with Crippen molar-refractivity contribution in [3.8, 4) is 0 Å². The molecule has 1 N–H and O–H groups in total. The van der Waals surface area contributed by atoms with E-state index in [2.05, 4.69) is 11.9 Å². The topological polar surface area (TPSA) is 58.2 Å². The van der Waals surface area contributed by atoms with Crippen LogP contribution >= 0.6 is 0 Å². The molecule has 0 bridgehead atoms. The fourth-order valence-corrected chi connectivity index (χ4v) is 8.95. The van der Waals surface area contributed by atoms with E-state index in [9.17, 15) is 0 Å². The van der Waals surface area contributed by atoms with Crippen LogP contribution in [0.3, 0.4) is 0 Å². The summed E-state index contributed by atoms with van der Waals surface area (Å²) in [6, 6.07) is 1.58. The molecular formula is C15H35NO5Si2. The first kappa shape index (κ1) is 21.2. The van der Waals surface area contributed by atoms with Gasteiger partial charge in [-0.1, -0.05) is 19.3 Å². The summed E-state index contributed by atoms with van der Waals surface area (Å²) in [4.78, 5) is 0. The molecule has 6 nitrogen and oxygen atoms in total. The smallest absolute Gasteiger partial charge is 0.395 e. The fourth-order valence-electron chi connectivity index (χ4n) is 3.12. The van der Waals surface area contributed by atoms with E-state index in [-0.39, 0.29) is 0 Å². The molecule has 0 radical (unpaired) electrons. The molecular weight excluding hydrogens is 330 g/mol. The lowest BCUT2D eigenvalue weighted by molar-refractivity contribution is 0.0345. The Labute approximate surface area is 143 Å². The molecule has 0 heterocycles. The average Bonchev–Trinajstić information content (AvgIpc) is 2.58. The Kier molecular flexibility index (Phi) is 10.1. The molecule has 1 saturated carbocycles. The lowest BCUT2D eigenvalue weighted by Gasteiger charge is -2.34. The molecule has 1 atom stereocenters. The standard InChI is InChI=1S/C15H35NO5Si2/c1-6-20-22(5,21-23(17-2,18-3)19-4)14-10-13-16-15-11-8-7-9-12-15/h15-16H,6-14H2,1-5H3. The second-order valence-corrected chi connectivity index (χ2v) is 12.3. The monoisotopic (exact) mass is 365 g/mol. The summed E-state index contributed by atoms with van der Waals surface area (Å²) in [5.74, 6) is 0. The highest BCUT2D eigenvalue weighted by Gasteiger charge is 2.50. The van der Waals surface area contributed by atoms with Crippen molar-refractivity contribution < 1.29 is 21.8 Å². The van der Waals surface area contributed by atoms with E-state index in [4.69, 9.17) is 21.8 Å². The third kappa shape index (κ3) is 7.31. The average molecular weight is 366 g/mol. The Morgan fingerprint density at radius 3 is 2.13 bits per heavy atom. The molecule has 0 spiro atoms. The van der Waals surface area contributed by atoms with Crippen LogP contribution in [0.5, 0.6) is 0 Å². The zero-order valence-electron chi connectivity index (χ0n) is 15.5. The summed E-state index contributed by atoms with van der Waals surface area (Å²) in [6.07, 6.45) is 7.75. The van der Waals surface area contributed by atoms with Gasteiger partial charge >= 0.3 is 17.6 Å². The summed E-state index contributed by atoms with van der Waals surface area (Å²) in [5.41, 5.74) is 0. The van der Waals surface area contributed by atoms with Gasteiger partial charge < -0.3 is 27.1 Å². The maximum Gasteiger partial charge on any atom is 0.669 e. The van der Waals surface area contributed by atoms with Crippen molar-refractivity contribution in [2.45, 2.75) is 64.1 Å². The SMILES string of the molecule is CCO[Si](C)(CCCNC1CCCCC1)O[Si](OC)(OC)OC. The lowest BCUT2D eigenvalue weighted by atomic mass is 9.95. The summed E-state index contributed by atoms with van der Waals surface area (Å²) < 4.78 is 28.3. The van der Waals surface area contributed by atoms with Crippen molar-refractivity contribution in [2.24, 2.45) is 0 Å². The summed E-state index contributed by atoms with van der Waals surface area (Å²) in [5, 5.41) is 3.67. The summed E-state index contributed by atoms with van der Waals surface area (Å²) in [7, 11) is -0.773. The number of hydrogen-bond acceptors (Lipinski definition) is 6. The second-order valence-electron chi connectivity index (χ2n) is 6.17. The molecule has 0 aliphatic heterocycles. The van der Waals surface area contributed by atoms with Gasteiger partial charge in [-0.3, -0.25) is 0 Å². The van der Waals surface area contributed by atoms with Crippen LogP contribution in [0.4, 0.5) is 0 Å². The van der Waals surface area contributed by atoms with Gasteiger partial charge in [-0.2, -0.15) is 0 Å². The molecule has 0 aromatic carbocycles. The molecule has 23 heavy (non-hydrogen) atoms. The van der Waals surface area contributed by atoms with Crippen LogP contribution in [0, 0.1) is 0 Å². The van der Waals surface area contributed by atoms with E-state index in [0.717, 1.165) is 19.0 Å². The van der Waals surface area contributed by atoms with E-state index in [1.807, 2.05) is 6.92 Å². The molecule has 1 aliphatic rings. The highest BCUT2D eigenvalue weighted by Crippen LogP contribution is 2.23. The number of nitrogens with one attached hydrogen (secondary N) is 1. The van der Waals surface area contributed by atoms with Crippen LogP contribution in [-0.4, -0.2) is 58.1 Å². The molecule has 138 valence electrons. The minimum Gasteiger partial charge on any atom is -0.395 e. The maximum atomic E-state index is 6.17. The highest BCUT2D eigenvalue weighted by atomic mass is 28.5. The van der Waals surface area contributed by atoms with Crippen molar-refractivity contribution in [3.05, 3.63) is 0 Å². The highest BCUT2D eigenvalue weighted by molar-refractivity contribution is 6.75. The largest absolute Gasteiger partial charge is 0.669 e. The summed E-state index contributed by atoms with van der Waals surface area (Å²) in [6.45, 7) is 5.69. The Balaban J connectivity index is 2.45.